The van der Waals surface area contributed by atoms with E-state index < -0.39 is 5.66 Å². The molecule has 0 aliphatic rings. The number of para-hydroxylation sites is 1. The molecule has 0 saturated heterocycles. The van der Waals surface area contributed by atoms with Crippen molar-refractivity contribution in [3.05, 3.63) is 41.1 Å². The summed E-state index contributed by atoms with van der Waals surface area (Å²) in [6.45, 7) is 3.71. The van der Waals surface area contributed by atoms with Gasteiger partial charge in [-0.25, -0.2) is 0 Å². The van der Waals surface area contributed by atoms with Crippen molar-refractivity contribution in [3.63, 3.8) is 0 Å². The third kappa shape index (κ3) is 1.92. The molecule has 1 aromatic carbocycles. The lowest BCUT2D eigenvalue weighted by Crippen LogP contribution is -2.05. The summed E-state index contributed by atoms with van der Waals surface area (Å²) in [5.41, 5.74) is -0.862. The lowest BCUT2D eigenvalue weighted by atomic mass is 10.1. The Kier molecular flexibility index (Phi) is 2.67. The number of pyridine rings is 1. The first-order chi connectivity index (χ1) is 7.39. The van der Waals surface area contributed by atoms with Crippen LogP contribution in [0.15, 0.2) is 24.3 Å². The summed E-state index contributed by atoms with van der Waals surface area (Å²) in [5.74, 6) is 0. The van der Waals surface area contributed by atoms with E-state index in [-0.39, 0.29) is 5.56 Å². The molecule has 2 aromatic rings. The van der Waals surface area contributed by atoms with Gasteiger partial charge in [-0.2, -0.15) is 8.78 Å². The van der Waals surface area contributed by atoms with Gasteiger partial charge in [0.05, 0.1) is 11.1 Å². The van der Waals surface area contributed by atoms with Crippen LogP contribution in [0.4, 0.5) is 8.78 Å². The van der Waals surface area contributed by atoms with Gasteiger partial charge >= 0.3 is 0 Å². The number of alkyl halides is 2. The fourth-order valence-electron chi connectivity index (χ4n) is 1.85. The number of rotatable bonds is 1. The topological polar surface area (TPSA) is 12.9 Å². The van der Waals surface area contributed by atoms with Crippen LogP contribution in [0.3, 0.4) is 0 Å². The van der Waals surface area contributed by atoms with Gasteiger partial charge in [-0.1, -0.05) is 27.4 Å². The smallest absolute Gasteiger partial charge is 0.253 e. The maximum Gasteiger partial charge on any atom is 0.285 e. The molecule has 1 aromatic heterocycles. The van der Waals surface area contributed by atoms with Crippen molar-refractivity contribution in [1.82, 2.24) is 4.98 Å². The molecule has 16 heavy (non-hydrogen) atoms. The van der Waals surface area contributed by atoms with Gasteiger partial charge in [0.25, 0.3) is 5.66 Å². The molecule has 0 radical (unpaired) electrons. The molecule has 2 rings (SSSR count). The monoisotopic (exact) mass is 239 g/mol. The molecule has 0 spiro atoms. The van der Waals surface area contributed by atoms with Gasteiger partial charge in [0.15, 0.2) is 0 Å². The number of benzene rings is 1. The first-order valence-electron chi connectivity index (χ1n) is 4.94. The van der Waals surface area contributed by atoms with Crippen LogP contribution in [0.5, 0.6) is 0 Å². The average Bonchev–Trinajstić information content (AvgIpc) is 2.15. The summed E-state index contributed by atoms with van der Waals surface area (Å²) in [7, 11) is 1.56. The van der Waals surface area contributed by atoms with E-state index in [2.05, 4.69) is 4.98 Å². The quantitative estimate of drug-likeness (QED) is 0.690. The summed E-state index contributed by atoms with van der Waals surface area (Å²) < 4.78 is 26.7. The van der Waals surface area contributed by atoms with Crippen molar-refractivity contribution in [2.24, 2.45) is 0 Å². The number of hydrogen-bond donors (Lipinski definition) is 0. The van der Waals surface area contributed by atoms with Crippen molar-refractivity contribution in [2.75, 3.05) is 0 Å². The molecule has 0 amide bonds. The highest BCUT2D eigenvalue weighted by molar-refractivity contribution is 7.17. The maximum atomic E-state index is 13.4. The van der Waals surface area contributed by atoms with Gasteiger partial charge in [0.1, 0.15) is 0 Å². The van der Waals surface area contributed by atoms with Crippen molar-refractivity contribution in [2.45, 2.75) is 19.5 Å². The minimum atomic E-state index is -2.94. The van der Waals surface area contributed by atoms with E-state index in [4.69, 9.17) is 0 Å². The third-order valence-corrected chi connectivity index (χ3v) is 2.84. The second-order valence-electron chi connectivity index (χ2n) is 3.91. The van der Waals surface area contributed by atoms with Crippen LogP contribution in [0.2, 0.25) is 0 Å². The molecule has 1 nitrogen and oxygen atoms in total. The fraction of sp³-hybridized carbons (Fsp3) is 0.250. The number of hydrogen-bond acceptors (Lipinski definition) is 1. The van der Waals surface area contributed by atoms with Crippen LogP contribution >= 0.6 is 9.24 Å². The minimum absolute atomic E-state index is 0.0400. The van der Waals surface area contributed by atoms with Crippen LogP contribution in [-0.2, 0) is 5.66 Å². The van der Waals surface area contributed by atoms with Crippen molar-refractivity contribution >= 4 is 20.1 Å². The van der Waals surface area contributed by atoms with Crippen LogP contribution in [-0.4, -0.2) is 4.98 Å². The highest BCUT2D eigenvalue weighted by atomic mass is 31.0. The molecule has 0 bridgehead atoms. The van der Waals surface area contributed by atoms with E-state index in [1.807, 2.05) is 26.0 Å². The Labute approximate surface area is 95.1 Å². The van der Waals surface area contributed by atoms with Crippen LogP contribution in [0.25, 0.3) is 10.9 Å². The van der Waals surface area contributed by atoms with Crippen LogP contribution in [0.1, 0.15) is 16.8 Å². The van der Waals surface area contributed by atoms with Gasteiger partial charge in [-0.05, 0) is 25.5 Å². The Morgan fingerprint density at radius 1 is 1.25 bits per heavy atom. The van der Waals surface area contributed by atoms with Gasteiger partial charge in [0, 0.05) is 11.1 Å². The molecule has 0 fully saturated rings. The second kappa shape index (κ2) is 3.74. The highest BCUT2D eigenvalue weighted by Crippen LogP contribution is 2.38. The molecule has 0 aliphatic heterocycles. The first kappa shape index (κ1) is 11.4. The Bertz CT molecular complexity index is 546. The predicted octanol–water partition coefficient (Wildman–Crippen LogP) is 3.78. The van der Waals surface area contributed by atoms with E-state index in [1.54, 1.807) is 15.3 Å². The highest BCUT2D eigenvalue weighted by Gasteiger charge is 2.27. The average molecular weight is 239 g/mol. The van der Waals surface area contributed by atoms with Gasteiger partial charge in [-0.15, -0.1) is 0 Å². The lowest BCUT2D eigenvalue weighted by Gasteiger charge is -2.14. The van der Waals surface area contributed by atoms with E-state index >= 15 is 0 Å². The van der Waals surface area contributed by atoms with Crippen molar-refractivity contribution in [3.8, 4) is 0 Å². The zero-order chi connectivity index (χ0) is 11.9. The normalized spacial score (nSPS) is 12.1. The number of nitrogens with zero attached hydrogens (tertiary/aromatic N) is 1. The molecule has 84 valence electrons. The van der Waals surface area contributed by atoms with Crippen molar-refractivity contribution < 1.29 is 8.78 Å². The second-order valence-corrected chi connectivity index (χ2v) is 4.63. The van der Waals surface area contributed by atoms with E-state index in [1.165, 1.54) is 6.07 Å². The van der Waals surface area contributed by atoms with Crippen molar-refractivity contribution in [1.29, 1.82) is 0 Å². The Balaban J connectivity index is 2.87. The Morgan fingerprint density at radius 2 is 1.94 bits per heavy atom. The van der Waals surface area contributed by atoms with E-state index in [0.29, 0.717) is 5.52 Å². The summed E-state index contributed by atoms with van der Waals surface area (Å²) in [6, 6.07) is 6.77. The summed E-state index contributed by atoms with van der Waals surface area (Å²) in [5, 5.41) is 0.783. The Morgan fingerprint density at radius 3 is 2.56 bits per heavy atom. The number of aromatic nitrogens is 1. The molecule has 0 N–H and O–H groups in total. The molecule has 4 heteroatoms. The van der Waals surface area contributed by atoms with Gasteiger partial charge in [0.2, 0.25) is 0 Å². The van der Waals surface area contributed by atoms with Crippen LogP contribution < -0.4 is 0 Å². The summed E-state index contributed by atoms with van der Waals surface area (Å²) in [6.07, 6.45) is 0. The largest absolute Gasteiger partial charge is 0.285 e. The maximum absolute atomic E-state index is 13.4. The SMILES string of the molecule is Cc1cc(C)c2cccc(C(F)(F)P)c2n1. The minimum Gasteiger partial charge on any atom is -0.253 e. The third-order valence-electron chi connectivity index (χ3n) is 2.53. The predicted molar refractivity (Wildman–Crippen MR) is 64.8 cm³/mol. The molecule has 0 saturated carbocycles. The summed E-state index contributed by atoms with van der Waals surface area (Å²) >= 11 is 0. The standard InChI is InChI=1S/C12H12F2NP/c1-7-6-8(2)15-11-9(7)4-3-5-10(11)12(13,14)16/h3-6H,16H2,1-2H3. The van der Waals surface area contributed by atoms with E-state index in [9.17, 15) is 8.78 Å². The molecule has 1 atom stereocenters. The molecular formula is C12H12F2NP. The van der Waals surface area contributed by atoms with Gasteiger partial charge in [-0.3, -0.25) is 4.98 Å². The molecule has 1 unspecified atom stereocenters. The zero-order valence-electron chi connectivity index (χ0n) is 9.09. The zero-order valence-corrected chi connectivity index (χ0v) is 10.2. The van der Waals surface area contributed by atoms with Gasteiger partial charge < -0.3 is 0 Å². The fourth-order valence-corrected chi connectivity index (χ4v) is 2.08. The first-order valence-corrected chi connectivity index (χ1v) is 5.51. The molecule has 0 aliphatic carbocycles. The number of fused-ring (bicyclic) bond motifs is 1. The lowest BCUT2D eigenvalue weighted by molar-refractivity contribution is 0.105. The molecule has 1 heterocycles. The Hall–Kier alpha value is -1.08. The summed E-state index contributed by atoms with van der Waals surface area (Å²) in [4.78, 5) is 4.21. The van der Waals surface area contributed by atoms with E-state index in [0.717, 1.165) is 16.6 Å². The number of aryl methyl sites for hydroxylation is 2. The van der Waals surface area contributed by atoms with Crippen LogP contribution in [0, 0.1) is 13.8 Å². The molecular weight excluding hydrogens is 227 g/mol. The number of halogens is 2.